The van der Waals surface area contributed by atoms with Gasteiger partial charge in [-0.1, -0.05) is 41.4 Å². The fourth-order valence-electron chi connectivity index (χ4n) is 1.61. The first-order valence-corrected chi connectivity index (χ1v) is 5.65. The van der Waals surface area contributed by atoms with Gasteiger partial charge < -0.3 is 5.73 Å². The molecule has 3 heteroatoms. The second-order valence-electron chi connectivity index (χ2n) is 3.72. The Labute approximate surface area is 105 Å². The maximum atomic E-state index is 5.97. The smallest absolute Gasteiger partial charge is 0.0598 e. The molecule has 0 atom stereocenters. The number of hydrogen-bond acceptors (Lipinski definition) is 1. The fraction of sp³-hybridized carbons (Fsp3) is 0.0769. The maximum absolute atomic E-state index is 5.97. The zero-order chi connectivity index (χ0) is 11.7. The van der Waals surface area contributed by atoms with E-state index in [9.17, 15) is 0 Å². The lowest BCUT2D eigenvalue weighted by Gasteiger charge is -2.07. The summed E-state index contributed by atoms with van der Waals surface area (Å²) in [5, 5.41) is 1.09. The molecule has 2 aromatic carbocycles. The quantitative estimate of drug-likeness (QED) is 0.740. The SMILES string of the molecule is Cc1ccc(-c2ccc(Cl)c(Cl)c2)c(N)c1. The van der Waals surface area contributed by atoms with Crippen LogP contribution in [0.4, 0.5) is 5.69 Å². The average molecular weight is 252 g/mol. The van der Waals surface area contributed by atoms with Crippen molar-refractivity contribution in [3.8, 4) is 11.1 Å². The van der Waals surface area contributed by atoms with Gasteiger partial charge in [-0.15, -0.1) is 0 Å². The molecule has 0 amide bonds. The molecule has 2 aromatic rings. The molecule has 0 heterocycles. The average Bonchev–Trinajstić information content (AvgIpc) is 2.22. The highest BCUT2D eigenvalue weighted by atomic mass is 35.5. The standard InChI is InChI=1S/C13H11Cl2N/c1-8-2-4-10(13(16)6-8)9-3-5-11(14)12(15)7-9/h2-7H,16H2,1H3. The molecule has 0 spiro atoms. The molecule has 2 rings (SSSR count). The van der Waals surface area contributed by atoms with Crippen molar-refractivity contribution in [1.82, 2.24) is 0 Å². The van der Waals surface area contributed by atoms with E-state index in [0.717, 1.165) is 22.4 Å². The van der Waals surface area contributed by atoms with Gasteiger partial charge in [-0.05, 0) is 36.2 Å². The molecule has 0 saturated heterocycles. The fourth-order valence-corrected chi connectivity index (χ4v) is 1.91. The molecule has 0 aromatic heterocycles. The number of aryl methyl sites for hydroxylation is 1. The zero-order valence-corrected chi connectivity index (χ0v) is 10.3. The molecule has 0 saturated carbocycles. The van der Waals surface area contributed by atoms with Crippen LogP contribution in [0.3, 0.4) is 0 Å². The van der Waals surface area contributed by atoms with Crippen LogP contribution in [0.15, 0.2) is 36.4 Å². The minimum atomic E-state index is 0.541. The van der Waals surface area contributed by atoms with Crippen molar-refractivity contribution in [3.63, 3.8) is 0 Å². The first-order valence-electron chi connectivity index (χ1n) is 4.89. The molecule has 0 unspecified atom stereocenters. The number of rotatable bonds is 1. The molecular formula is C13H11Cl2N. The first-order chi connectivity index (χ1) is 7.58. The number of anilines is 1. The van der Waals surface area contributed by atoms with Crippen LogP contribution < -0.4 is 5.73 Å². The van der Waals surface area contributed by atoms with Gasteiger partial charge in [0.1, 0.15) is 0 Å². The van der Waals surface area contributed by atoms with Gasteiger partial charge in [0.05, 0.1) is 10.0 Å². The summed E-state index contributed by atoms with van der Waals surface area (Å²) in [5.74, 6) is 0. The number of nitrogen functional groups attached to an aromatic ring is 1. The van der Waals surface area contributed by atoms with Crippen molar-refractivity contribution in [2.24, 2.45) is 0 Å². The van der Waals surface area contributed by atoms with E-state index in [1.54, 1.807) is 6.07 Å². The van der Waals surface area contributed by atoms with Gasteiger partial charge in [0.15, 0.2) is 0 Å². The molecule has 0 aliphatic heterocycles. The lowest BCUT2D eigenvalue weighted by molar-refractivity contribution is 1.47. The van der Waals surface area contributed by atoms with Crippen LogP contribution >= 0.6 is 23.2 Å². The molecule has 0 aliphatic rings. The van der Waals surface area contributed by atoms with Gasteiger partial charge in [-0.2, -0.15) is 0 Å². The number of hydrogen-bond donors (Lipinski definition) is 1. The highest BCUT2D eigenvalue weighted by molar-refractivity contribution is 6.42. The van der Waals surface area contributed by atoms with Crippen LogP contribution in [0.2, 0.25) is 10.0 Å². The molecular weight excluding hydrogens is 241 g/mol. The Morgan fingerprint density at radius 3 is 2.31 bits per heavy atom. The monoisotopic (exact) mass is 251 g/mol. The highest BCUT2D eigenvalue weighted by Gasteiger charge is 2.05. The van der Waals surface area contributed by atoms with Crippen LogP contribution in [-0.4, -0.2) is 0 Å². The van der Waals surface area contributed by atoms with E-state index in [4.69, 9.17) is 28.9 Å². The second kappa shape index (κ2) is 4.36. The van der Waals surface area contributed by atoms with Crippen molar-refractivity contribution in [2.75, 3.05) is 5.73 Å². The van der Waals surface area contributed by atoms with Gasteiger partial charge >= 0.3 is 0 Å². The third kappa shape index (κ3) is 2.16. The van der Waals surface area contributed by atoms with E-state index in [1.807, 2.05) is 37.3 Å². The molecule has 0 bridgehead atoms. The van der Waals surface area contributed by atoms with E-state index in [2.05, 4.69) is 0 Å². The summed E-state index contributed by atoms with van der Waals surface area (Å²) in [4.78, 5) is 0. The normalized spacial score (nSPS) is 10.4. The van der Waals surface area contributed by atoms with E-state index in [1.165, 1.54) is 0 Å². The summed E-state index contributed by atoms with van der Waals surface area (Å²) in [6.45, 7) is 2.01. The van der Waals surface area contributed by atoms with Crippen molar-refractivity contribution in [2.45, 2.75) is 6.92 Å². The maximum Gasteiger partial charge on any atom is 0.0598 e. The van der Waals surface area contributed by atoms with Crippen LogP contribution in [0.25, 0.3) is 11.1 Å². The summed E-state index contributed by atoms with van der Waals surface area (Å²) in [6.07, 6.45) is 0. The third-order valence-electron chi connectivity index (χ3n) is 2.44. The predicted molar refractivity (Wildman–Crippen MR) is 71.0 cm³/mol. The van der Waals surface area contributed by atoms with Crippen molar-refractivity contribution < 1.29 is 0 Å². The predicted octanol–water partition coefficient (Wildman–Crippen LogP) is 4.55. The van der Waals surface area contributed by atoms with Crippen LogP contribution in [0.5, 0.6) is 0 Å². The number of halogens is 2. The van der Waals surface area contributed by atoms with Crippen molar-refractivity contribution in [1.29, 1.82) is 0 Å². The van der Waals surface area contributed by atoms with E-state index in [0.29, 0.717) is 10.0 Å². The van der Waals surface area contributed by atoms with Gasteiger partial charge in [0, 0.05) is 11.3 Å². The van der Waals surface area contributed by atoms with E-state index < -0.39 is 0 Å². The van der Waals surface area contributed by atoms with Gasteiger partial charge in [0.25, 0.3) is 0 Å². The van der Waals surface area contributed by atoms with Gasteiger partial charge in [0.2, 0.25) is 0 Å². The summed E-state index contributed by atoms with van der Waals surface area (Å²) >= 11 is 11.8. The Balaban J connectivity index is 2.54. The Kier molecular flexibility index (Phi) is 3.08. The largest absolute Gasteiger partial charge is 0.398 e. The first kappa shape index (κ1) is 11.3. The van der Waals surface area contributed by atoms with E-state index in [-0.39, 0.29) is 0 Å². The van der Waals surface area contributed by atoms with Crippen LogP contribution in [0, 0.1) is 6.92 Å². The lowest BCUT2D eigenvalue weighted by atomic mass is 10.0. The molecule has 1 nitrogen and oxygen atoms in total. The third-order valence-corrected chi connectivity index (χ3v) is 3.18. The topological polar surface area (TPSA) is 26.0 Å². The van der Waals surface area contributed by atoms with Crippen molar-refractivity contribution >= 4 is 28.9 Å². The molecule has 0 fully saturated rings. The summed E-state index contributed by atoms with van der Waals surface area (Å²) in [6, 6.07) is 11.5. The van der Waals surface area contributed by atoms with Gasteiger partial charge in [-0.3, -0.25) is 0 Å². The second-order valence-corrected chi connectivity index (χ2v) is 4.53. The molecule has 16 heavy (non-hydrogen) atoms. The zero-order valence-electron chi connectivity index (χ0n) is 8.80. The van der Waals surface area contributed by atoms with Gasteiger partial charge in [-0.25, -0.2) is 0 Å². The number of nitrogens with two attached hydrogens (primary N) is 1. The summed E-state index contributed by atoms with van der Waals surface area (Å²) < 4.78 is 0. The van der Waals surface area contributed by atoms with E-state index >= 15 is 0 Å². The highest BCUT2D eigenvalue weighted by Crippen LogP contribution is 2.31. The van der Waals surface area contributed by atoms with Crippen molar-refractivity contribution in [3.05, 3.63) is 52.0 Å². The Morgan fingerprint density at radius 2 is 1.69 bits per heavy atom. The van der Waals surface area contributed by atoms with Crippen LogP contribution in [0.1, 0.15) is 5.56 Å². The van der Waals surface area contributed by atoms with Crippen LogP contribution in [-0.2, 0) is 0 Å². The summed E-state index contributed by atoms with van der Waals surface area (Å²) in [7, 11) is 0. The summed E-state index contributed by atoms with van der Waals surface area (Å²) in [5.41, 5.74) is 9.81. The lowest BCUT2D eigenvalue weighted by Crippen LogP contribution is -1.90. The Hall–Kier alpha value is -1.18. The molecule has 2 N–H and O–H groups in total. The Morgan fingerprint density at radius 1 is 0.938 bits per heavy atom. The molecule has 0 radical (unpaired) electrons. The number of benzene rings is 2. The Bertz CT molecular complexity index is 535. The minimum Gasteiger partial charge on any atom is -0.398 e. The molecule has 0 aliphatic carbocycles. The molecule has 82 valence electrons. The minimum absolute atomic E-state index is 0.541.